The highest BCUT2D eigenvalue weighted by Gasteiger charge is 2.28. The van der Waals surface area contributed by atoms with Crippen molar-refractivity contribution in [3.8, 4) is 11.5 Å². The normalized spacial score (nSPS) is 16.5. The van der Waals surface area contributed by atoms with E-state index >= 15 is 0 Å². The van der Waals surface area contributed by atoms with Crippen molar-refractivity contribution in [1.29, 1.82) is 0 Å². The molecule has 200 valence electrons. The van der Waals surface area contributed by atoms with E-state index < -0.39 is 21.7 Å². The van der Waals surface area contributed by atoms with Crippen LogP contribution in [0, 0.1) is 0 Å². The van der Waals surface area contributed by atoms with E-state index in [4.69, 9.17) is 18.7 Å². The second-order valence-corrected chi connectivity index (χ2v) is 11.5. The third-order valence-electron chi connectivity index (χ3n) is 5.81. The minimum Gasteiger partial charge on any atom is -0.496 e. The summed E-state index contributed by atoms with van der Waals surface area (Å²) in [5.41, 5.74) is 0.735. The lowest BCUT2D eigenvalue weighted by Crippen LogP contribution is -2.40. The van der Waals surface area contributed by atoms with Gasteiger partial charge in [-0.1, -0.05) is 17.3 Å². The first-order valence-corrected chi connectivity index (χ1v) is 13.3. The van der Waals surface area contributed by atoms with Crippen LogP contribution < -0.4 is 19.5 Å². The van der Waals surface area contributed by atoms with E-state index in [-0.39, 0.29) is 22.5 Å². The molecule has 1 unspecified atom stereocenters. The third-order valence-corrected chi connectivity index (χ3v) is 7.19. The molecule has 0 bridgehead atoms. The number of benzene rings is 2. The number of carbonyl (C=O) groups excluding carboxylic acids is 1. The van der Waals surface area contributed by atoms with Crippen LogP contribution in [0.3, 0.4) is 0 Å². The van der Waals surface area contributed by atoms with E-state index in [2.05, 4.69) is 20.1 Å². The number of amides is 1. The van der Waals surface area contributed by atoms with E-state index in [1.165, 1.54) is 20.3 Å². The van der Waals surface area contributed by atoms with Crippen molar-refractivity contribution in [2.45, 2.75) is 50.3 Å². The zero-order chi connectivity index (χ0) is 26.8. The molecule has 37 heavy (non-hydrogen) atoms. The molecule has 12 heteroatoms. The second kappa shape index (κ2) is 10.5. The monoisotopic (exact) mass is 532 g/mol. The van der Waals surface area contributed by atoms with Gasteiger partial charge in [0.1, 0.15) is 27.4 Å². The van der Waals surface area contributed by atoms with Gasteiger partial charge in [-0.3, -0.25) is 9.62 Å². The number of carbonyl (C=O) groups is 1. The Bertz CT molecular complexity index is 1380. The van der Waals surface area contributed by atoms with Gasteiger partial charge < -0.3 is 24.1 Å². The maximum atomic E-state index is 13.0. The molecule has 2 aromatic carbocycles. The van der Waals surface area contributed by atoms with Gasteiger partial charge in [0.05, 0.1) is 14.2 Å². The number of anilines is 1. The standard InChI is InChI=1S/C25H32N4O7S/c1-25(2,3)35-24(30)26-17-10-11-29(15-17)14-16-12-19(34-5)22-20(13-16)36-27-23(22)28-37(31,32)21-9-7-6-8-18(21)33-4/h6-9,12-13,17H,10-11,14-15H2,1-5H3,(H,26,30)(H,27,28). The summed E-state index contributed by atoms with van der Waals surface area (Å²) >= 11 is 0. The van der Waals surface area contributed by atoms with Crippen LogP contribution in [0.15, 0.2) is 45.8 Å². The molecule has 1 saturated heterocycles. The summed E-state index contributed by atoms with van der Waals surface area (Å²) in [6, 6.07) is 9.92. The van der Waals surface area contributed by atoms with Crippen molar-refractivity contribution in [1.82, 2.24) is 15.4 Å². The number of hydrogen-bond acceptors (Lipinski definition) is 9. The molecular formula is C25H32N4O7S. The van der Waals surface area contributed by atoms with E-state index in [1.807, 2.05) is 26.8 Å². The Morgan fingerprint density at radius 1 is 1.16 bits per heavy atom. The Morgan fingerprint density at radius 3 is 2.59 bits per heavy atom. The number of alkyl carbamates (subject to hydrolysis) is 1. The predicted octanol–water partition coefficient (Wildman–Crippen LogP) is 3.74. The van der Waals surface area contributed by atoms with Crippen molar-refractivity contribution in [2.75, 3.05) is 32.0 Å². The maximum Gasteiger partial charge on any atom is 0.407 e. The van der Waals surface area contributed by atoms with E-state index in [1.54, 1.807) is 24.3 Å². The van der Waals surface area contributed by atoms with Crippen LogP contribution in [0.2, 0.25) is 0 Å². The molecule has 4 rings (SSSR count). The number of nitrogens with one attached hydrogen (secondary N) is 2. The van der Waals surface area contributed by atoms with Gasteiger partial charge in [0.25, 0.3) is 10.0 Å². The number of rotatable bonds is 8. The Morgan fingerprint density at radius 2 is 1.89 bits per heavy atom. The van der Waals surface area contributed by atoms with Crippen molar-refractivity contribution < 1.29 is 31.9 Å². The van der Waals surface area contributed by atoms with E-state index in [9.17, 15) is 13.2 Å². The van der Waals surface area contributed by atoms with Gasteiger partial charge in [-0.25, -0.2) is 13.2 Å². The van der Waals surface area contributed by atoms with Crippen LogP contribution in [-0.2, 0) is 21.3 Å². The molecule has 3 aromatic rings. The van der Waals surface area contributed by atoms with Gasteiger partial charge in [-0.2, -0.15) is 0 Å². The lowest BCUT2D eigenvalue weighted by atomic mass is 10.1. The summed E-state index contributed by atoms with van der Waals surface area (Å²) in [5.74, 6) is 0.656. The van der Waals surface area contributed by atoms with E-state index in [0.29, 0.717) is 29.8 Å². The predicted molar refractivity (Wildman–Crippen MR) is 137 cm³/mol. The number of hydrogen-bond donors (Lipinski definition) is 2. The molecule has 2 heterocycles. The Balaban J connectivity index is 1.49. The average Bonchev–Trinajstić information content (AvgIpc) is 3.43. The molecule has 1 atom stereocenters. The highest BCUT2D eigenvalue weighted by Crippen LogP contribution is 2.36. The Hall–Kier alpha value is -3.51. The topological polar surface area (TPSA) is 132 Å². The first kappa shape index (κ1) is 26.6. The molecule has 1 amide bonds. The first-order valence-electron chi connectivity index (χ1n) is 11.8. The van der Waals surface area contributed by atoms with Crippen molar-refractivity contribution in [3.63, 3.8) is 0 Å². The van der Waals surface area contributed by atoms with Crippen LogP contribution in [0.5, 0.6) is 11.5 Å². The van der Waals surface area contributed by atoms with Gasteiger partial charge in [0, 0.05) is 25.7 Å². The number of sulfonamides is 1. The van der Waals surface area contributed by atoms with Crippen molar-refractivity contribution >= 4 is 32.9 Å². The van der Waals surface area contributed by atoms with Gasteiger partial charge in [0.15, 0.2) is 11.4 Å². The zero-order valence-corrected chi connectivity index (χ0v) is 22.3. The molecule has 1 fully saturated rings. The molecule has 1 aliphatic rings. The number of para-hydroxylation sites is 1. The first-order chi connectivity index (χ1) is 17.5. The van der Waals surface area contributed by atoms with E-state index in [0.717, 1.165) is 18.5 Å². The quantitative estimate of drug-likeness (QED) is 0.445. The summed E-state index contributed by atoms with van der Waals surface area (Å²) in [6.45, 7) is 7.53. The second-order valence-electron chi connectivity index (χ2n) is 9.83. The molecule has 1 aromatic heterocycles. The lowest BCUT2D eigenvalue weighted by molar-refractivity contribution is 0.0505. The number of nitrogens with zero attached hydrogens (tertiary/aromatic N) is 2. The Kier molecular flexibility index (Phi) is 7.51. The number of methoxy groups -OCH3 is 2. The fraction of sp³-hybridized carbons (Fsp3) is 0.440. The summed E-state index contributed by atoms with van der Waals surface area (Å²) < 4.78 is 50.2. The van der Waals surface area contributed by atoms with Crippen LogP contribution in [0.4, 0.5) is 10.6 Å². The van der Waals surface area contributed by atoms with Crippen LogP contribution in [-0.4, -0.2) is 63.5 Å². The molecule has 11 nitrogen and oxygen atoms in total. The minimum atomic E-state index is -4.00. The van der Waals surface area contributed by atoms with Gasteiger partial charge in [-0.15, -0.1) is 0 Å². The van der Waals surface area contributed by atoms with Crippen LogP contribution >= 0.6 is 0 Å². The molecule has 0 spiro atoms. The van der Waals surface area contributed by atoms with Gasteiger partial charge in [0.2, 0.25) is 0 Å². The van der Waals surface area contributed by atoms with Crippen molar-refractivity contribution in [2.24, 2.45) is 0 Å². The summed E-state index contributed by atoms with van der Waals surface area (Å²) in [5, 5.41) is 7.29. The van der Waals surface area contributed by atoms with Gasteiger partial charge in [-0.05, 0) is 57.0 Å². The number of ether oxygens (including phenoxy) is 3. The molecule has 0 radical (unpaired) electrons. The largest absolute Gasteiger partial charge is 0.496 e. The zero-order valence-electron chi connectivity index (χ0n) is 21.5. The maximum absolute atomic E-state index is 13.0. The van der Waals surface area contributed by atoms with Crippen LogP contribution in [0.1, 0.15) is 32.8 Å². The molecule has 0 aliphatic carbocycles. The molecule has 0 saturated carbocycles. The fourth-order valence-corrected chi connectivity index (χ4v) is 5.44. The summed E-state index contributed by atoms with van der Waals surface area (Å²) in [4.78, 5) is 14.3. The number of likely N-dealkylation sites (tertiary alicyclic amines) is 1. The minimum absolute atomic E-state index is 0.0123. The SMILES string of the molecule is COc1ccccc1S(=O)(=O)Nc1noc2cc(CN3CCC(NC(=O)OC(C)(C)C)C3)cc(OC)c12. The number of aromatic nitrogens is 1. The highest BCUT2D eigenvalue weighted by atomic mass is 32.2. The van der Waals surface area contributed by atoms with Crippen molar-refractivity contribution in [3.05, 3.63) is 42.0 Å². The molecule has 1 aliphatic heterocycles. The van der Waals surface area contributed by atoms with Gasteiger partial charge >= 0.3 is 6.09 Å². The summed E-state index contributed by atoms with van der Waals surface area (Å²) in [6.07, 6.45) is 0.378. The Labute approximate surface area is 216 Å². The molecule has 2 N–H and O–H groups in total. The summed E-state index contributed by atoms with van der Waals surface area (Å²) in [7, 11) is -1.10. The fourth-order valence-electron chi connectivity index (χ4n) is 4.26. The lowest BCUT2D eigenvalue weighted by Gasteiger charge is -2.22. The number of fused-ring (bicyclic) bond motifs is 1. The highest BCUT2D eigenvalue weighted by molar-refractivity contribution is 7.92. The molecular weight excluding hydrogens is 500 g/mol. The smallest absolute Gasteiger partial charge is 0.407 e. The third kappa shape index (κ3) is 6.25. The van der Waals surface area contributed by atoms with Crippen LogP contribution in [0.25, 0.3) is 11.0 Å². The average molecular weight is 533 g/mol.